The molecule has 0 radical (unpaired) electrons. The van der Waals surface area contributed by atoms with Crippen molar-refractivity contribution in [3.63, 3.8) is 0 Å². The van der Waals surface area contributed by atoms with Crippen molar-refractivity contribution in [1.82, 2.24) is 5.32 Å². The Morgan fingerprint density at radius 3 is 2.67 bits per heavy atom. The van der Waals surface area contributed by atoms with Gasteiger partial charge in [-0.1, -0.05) is 36.4 Å². The Hall–Kier alpha value is -3.13. The van der Waals surface area contributed by atoms with Crippen molar-refractivity contribution in [3.05, 3.63) is 71.0 Å². The fourth-order valence-electron chi connectivity index (χ4n) is 2.15. The first-order valence-electron chi connectivity index (χ1n) is 7.41. The first-order valence-corrected chi connectivity index (χ1v) is 7.41. The third-order valence-corrected chi connectivity index (χ3v) is 3.39. The predicted molar refractivity (Wildman–Crippen MR) is 89.7 cm³/mol. The molecule has 0 unspecified atom stereocenters. The monoisotopic (exact) mass is 324 g/mol. The second-order valence-electron chi connectivity index (χ2n) is 5.06. The molecule has 0 spiro atoms. The Bertz CT molecular complexity index is 780. The molecule has 1 amide bonds. The van der Waals surface area contributed by atoms with Crippen LogP contribution in [0.25, 0.3) is 6.08 Å². The molecule has 2 rings (SSSR count). The number of benzene rings is 2. The van der Waals surface area contributed by atoms with Gasteiger partial charge in [0, 0.05) is 6.54 Å². The number of halogens is 1. The van der Waals surface area contributed by atoms with Crippen LogP contribution in [0.5, 0.6) is 5.75 Å². The second-order valence-corrected chi connectivity index (χ2v) is 5.06. The van der Waals surface area contributed by atoms with Gasteiger partial charge in [0.1, 0.15) is 11.6 Å². The number of nitrogens with one attached hydrogen (secondary N) is 1. The van der Waals surface area contributed by atoms with Crippen molar-refractivity contribution in [2.45, 2.75) is 6.42 Å². The van der Waals surface area contributed by atoms with Crippen LogP contribution in [0, 0.1) is 17.1 Å². The van der Waals surface area contributed by atoms with Crippen molar-refractivity contribution >= 4 is 12.0 Å². The van der Waals surface area contributed by atoms with E-state index in [2.05, 4.69) is 5.32 Å². The largest absolute Gasteiger partial charge is 0.494 e. The summed E-state index contributed by atoms with van der Waals surface area (Å²) in [4.78, 5) is 12.1. The van der Waals surface area contributed by atoms with Crippen LogP contribution >= 0.6 is 0 Å². The van der Waals surface area contributed by atoms with Crippen LogP contribution in [-0.2, 0) is 11.2 Å². The summed E-state index contributed by atoms with van der Waals surface area (Å²) in [6.07, 6.45) is 2.02. The van der Waals surface area contributed by atoms with Crippen LogP contribution < -0.4 is 10.1 Å². The molecule has 122 valence electrons. The molecule has 5 heteroatoms. The van der Waals surface area contributed by atoms with E-state index in [1.807, 2.05) is 36.4 Å². The first kappa shape index (κ1) is 17.2. The van der Waals surface area contributed by atoms with Crippen LogP contribution in [0.3, 0.4) is 0 Å². The second kappa shape index (κ2) is 8.49. The van der Waals surface area contributed by atoms with E-state index >= 15 is 0 Å². The highest BCUT2D eigenvalue weighted by atomic mass is 19.1. The smallest absolute Gasteiger partial charge is 0.261 e. The molecule has 0 atom stereocenters. The van der Waals surface area contributed by atoms with Crippen molar-refractivity contribution in [3.8, 4) is 11.8 Å². The van der Waals surface area contributed by atoms with Gasteiger partial charge in [-0.2, -0.15) is 5.26 Å². The van der Waals surface area contributed by atoms with E-state index in [0.717, 1.165) is 5.56 Å². The third-order valence-electron chi connectivity index (χ3n) is 3.39. The van der Waals surface area contributed by atoms with E-state index in [0.29, 0.717) is 18.5 Å². The minimum Gasteiger partial charge on any atom is -0.494 e. The van der Waals surface area contributed by atoms with Gasteiger partial charge in [-0.3, -0.25) is 4.79 Å². The Kier molecular flexibility index (Phi) is 6.09. The molecule has 1 N–H and O–H groups in total. The lowest BCUT2D eigenvalue weighted by Crippen LogP contribution is -2.26. The van der Waals surface area contributed by atoms with Crippen LogP contribution in [0.1, 0.15) is 11.1 Å². The van der Waals surface area contributed by atoms with Crippen LogP contribution in [0.2, 0.25) is 0 Å². The molecule has 0 saturated heterocycles. The maximum Gasteiger partial charge on any atom is 0.261 e. The van der Waals surface area contributed by atoms with Gasteiger partial charge in [0.2, 0.25) is 0 Å². The van der Waals surface area contributed by atoms with E-state index < -0.39 is 11.7 Å². The van der Waals surface area contributed by atoms with Gasteiger partial charge in [-0.25, -0.2) is 4.39 Å². The quantitative estimate of drug-likeness (QED) is 0.656. The predicted octanol–water partition coefficient (Wildman–Crippen LogP) is 3.10. The molecule has 0 saturated carbocycles. The first-order chi connectivity index (χ1) is 11.6. The number of methoxy groups -OCH3 is 1. The number of carbonyl (C=O) groups excluding carboxylic acids is 1. The standard InChI is InChI=1S/C19H17FN2O2/c1-24-18-8-7-15(12-17(18)20)11-16(13-21)19(23)22-10-9-14-5-3-2-4-6-14/h2-8,11-12H,9-10H2,1H3,(H,22,23)/b16-11+. The zero-order valence-corrected chi connectivity index (χ0v) is 13.3. The Balaban J connectivity index is 2.00. The number of hydrogen-bond acceptors (Lipinski definition) is 3. The summed E-state index contributed by atoms with van der Waals surface area (Å²) < 4.78 is 18.5. The van der Waals surface area contributed by atoms with Crippen molar-refractivity contribution in [2.24, 2.45) is 0 Å². The average Bonchev–Trinajstić information content (AvgIpc) is 2.60. The number of rotatable bonds is 6. The van der Waals surface area contributed by atoms with Crippen molar-refractivity contribution in [1.29, 1.82) is 5.26 Å². The fraction of sp³-hybridized carbons (Fsp3) is 0.158. The van der Waals surface area contributed by atoms with Gasteiger partial charge >= 0.3 is 0 Å². The molecule has 24 heavy (non-hydrogen) atoms. The Morgan fingerprint density at radius 2 is 2.04 bits per heavy atom. The van der Waals surface area contributed by atoms with Gasteiger partial charge in [-0.05, 0) is 35.8 Å². The number of hydrogen-bond donors (Lipinski definition) is 1. The number of nitriles is 1. The number of amides is 1. The van der Waals surface area contributed by atoms with E-state index in [9.17, 15) is 9.18 Å². The van der Waals surface area contributed by atoms with Crippen LogP contribution in [0.4, 0.5) is 4.39 Å². The minimum absolute atomic E-state index is 0.0763. The highest BCUT2D eigenvalue weighted by molar-refractivity contribution is 6.01. The van der Waals surface area contributed by atoms with E-state index in [1.54, 1.807) is 6.07 Å². The maximum atomic E-state index is 13.7. The third kappa shape index (κ3) is 4.68. The normalized spacial score (nSPS) is 10.8. The molecule has 0 bridgehead atoms. The van der Waals surface area contributed by atoms with Gasteiger partial charge in [0.15, 0.2) is 11.6 Å². The Labute approximate surface area is 140 Å². The molecule has 0 aliphatic carbocycles. The molecule has 0 fully saturated rings. The summed E-state index contributed by atoms with van der Waals surface area (Å²) in [7, 11) is 1.37. The van der Waals surface area contributed by atoms with Crippen molar-refractivity contribution < 1.29 is 13.9 Å². The summed E-state index contributed by atoms with van der Waals surface area (Å²) in [5.41, 5.74) is 1.44. The van der Waals surface area contributed by atoms with Crippen molar-refractivity contribution in [2.75, 3.05) is 13.7 Å². The number of carbonyl (C=O) groups is 1. The summed E-state index contributed by atoms with van der Waals surface area (Å²) in [5.74, 6) is -0.921. The fourth-order valence-corrected chi connectivity index (χ4v) is 2.15. The molecule has 0 aliphatic heterocycles. The minimum atomic E-state index is -0.548. The molecule has 4 nitrogen and oxygen atoms in total. The SMILES string of the molecule is COc1ccc(/C=C(\C#N)C(=O)NCCc2ccccc2)cc1F. The topological polar surface area (TPSA) is 62.1 Å². The zero-order valence-electron chi connectivity index (χ0n) is 13.3. The molecule has 0 aliphatic rings. The van der Waals surface area contributed by atoms with E-state index in [1.165, 1.54) is 25.3 Å². The summed E-state index contributed by atoms with van der Waals surface area (Å²) >= 11 is 0. The van der Waals surface area contributed by atoms with E-state index in [-0.39, 0.29) is 11.3 Å². The Morgan fingerprint density at radius 1 is 1.29 bits per heavy atom. The summed E-state index contributed by atoms with van der Waals surface area (Å²) in [6.45, 7) is 0.416. The summed E-state index contributed by atoms with van der Waals surface area (Å²) in [5, 5.41) is 11.8. The number of nitrogens with zero attached hydrogens (tertiary/aromatic N) is 1. The van der Waals surface area contributed by atoms with Crippen LogP contribution in [0.15, 0.2) is 54.1 Å². The molecule has 2 aromatic rings. The van der Waals surface area contributed by atoms with Gasteiger partial charge in [0.25, 0.3) is 5.91 Å². The molecular weight excluding hydrogens is 307 g/mol. The highest BCUT2D eigenvalue weighted by Gasteiger charge is 2.09. The molecule has 0 aromatic heterocycles. The molecule has 2 aromatic carbocycles. The molecular formula is C19H17FN2O2. The summed E-state index contributed by atoms with van der Waals surface area (Å²) in [6, 6.07) is 15.8. The lowest BCUT2D eigenvalue weighted by molar-refractivity contribution is -0.117. The lowest BCUT2D eigenvalue weighted by Gasteiger charge is -2.05. The van der Waals surface area contributed by atoms with Crippen LogP contribution in [-0.4, -0.2) is 19.6 Å². The van der Waals surface area contributed by atoms with E-state index in [4.69, 9.17) is 10.00 Å². The zero-order chi connectivity index (χ0) is 17.4. The maximum absolute atomic E-state index is 13.7. The van der Waals surface area contributed by atoms with Gasteiger partial charge in [0.05, 0.1) is 7.11 Å². The average molecular weight is 324 g/mol. The van der Waals surface area contributed by atoms with Gasteiger partial charge in [-0.15, -0.1) is 0 Å². The highest BCUT2D eigenvalue weighted by Crippen LogP contribution is 2.19. The van der Waals surface area contributed by atoms with Gasteiger partial charge < -0.3 is 10.1 Å². The number of ether oxygens (including phenoxy) is 1. The lowest BCUT2D eigenvalue weighted by atomic mass is 10.1. The molecule has 0 heterocycles.